The second kappa shape index (κ2) is 5.68. The normalized spacial score (nSPS) is 16.2. The number of rotatable bonds is 3. The van der Waals surface area contributed by atoms with Crippen molar-refractivity contribution >= 4 is 17.4 Å². The van der Waals surface area contributed by atoms with Gasteiger partial charge in [-0.3, -0.25) is 4.79 Å². The second-order valence-corrected chi connectivity index (χ2v) is 5.03. The quantitative estimate of drug-likeness (QED) is 0.688. The Balaban J connectivity index is 1.81. The molecular weight excluding hydrogens is 280 g/mol. The number of carbonyl (C=O) groups is 1. The van der Waals surface area contributed by atoms with Crippen LogP contribution < -0.4 is 5.32 Å². The van der Waals surface area contributed by atoms with Crippen LogP contribution in [0.1, 0.15) is 23.5 Å². The van der Waals surface area contributed by atoms with Crippen LogP contribution in [0.5, 0.6) is 0 Å². The predicted octanol–water partition coefficient (Wildman–Crippen LogP) is 1.97. The Hall–Kier alpha value is -1.79. The summed E-state index contributed by atoms with van der Waals surface area (Å²) in [4.78, 5) is 16.3. The molecule has 0 spiro atoms. The van der Waals surface area contributed by atoms with Gasteiger partial charge in [-0.1, -0.05) is 17.7 Å². The molecular formula is C13H13ClN4O2. The molecule has 3 rings (SSSR count). The van der Waals surface area contributed by atoms with Crippen LogP contribution >= 0.6 is 11.6 Å². The summed E-state index contributed by atoms with van der Waals surface area (Å²) in [5, 5.41) is 11.3. The Bertz CT molecular complexity index is 622. The van der Waals surface area contributed by atoms with Crippen LogP contribution in [-0.4, -0.2) is 34.1 Å². The monoisotopic (exact) mass is 292 g/mol. The van der Waals surface area contributed by atoms with Crippen molar-refractivity contribution in [1.82, 2.24) is 20.5 Å². The minimum Gasteiger partial charge on any atom is -0.412 e. The van der Waals surface area contributed by atoms with E-state index in [-0.39, 0.29) is 23.5 Å². The minimum absolute atomic E-state index is 0.0446. The molecule has 1 aliphatic heterocycles. The van der Waals surface area contributed by atoms with Gasteiger partial charge >= 0.3 is 0 Å². The molecule has 0 radical (unpaired) electrons. The lowest BCUT2D eigenvalue weighted by Gasteiger charge is -2.19. The van der Waals surface area contributed by atoms with Gasteiger partial charge in [0, 0.05) is 5.92 Å². The second-order valence-electron chi connectivity index (χ2n) is 4.65. The molecule has 0 aliphatic carbocycles. The molecule has 0 bridgehead atoms. The van der Waals surface area contributed by atoms with E-state index in [9.17, 15) is 4.79 Å². The van der Waals surface area contributed by atoms with Gasteiger partial charge in [0.25, 0.3) is 11.8 Å². The maximum atomic E-state index is 12.2. The van der Waals surface area contributed by atoms with E-state index in [0.29, 0.717) is 10.8 Å². The molecule has 2 aromatic heterocycles. The van der Waals surface area contributed by atoms with Crippen LogP contribution in [0.2, 0.25) is 5.15 Å². The fourth-order valence-electron chi connectivity index (χ4n) is 2.21. The first-order valence-electron chi connectivity index (χ1n) is 6.45. The first kappa shape index (κ1) is 13.2. The number of hydrogen-bond donors (Lipinski definition) is 1. The third kappa shape index (κ3) is 2.71. The van der Waals surface area contributed by atoms with Gasteiger partial charge in [0.15, 0.2) is 0 Å². The molecule has 1 aliphatic rings. The van der Waals surface area contributed by atoms with Gasteiger partial charge in [0.1, 0.15) is 10.8 Å². The number of ketones is 1. The highest BCUT2D eigenvalue weighted by atomic mass is 35.5. The summed E-state index contributed by atoms with van der Waals surface area (Å²) in [6.07, 6.45) is 1.60. The fourth-order valence-corrected chi connectivity index (χ4v) is 2.38. The van der Waals surface area contributed by atoms with Gasteiger partial charge in [-0.25, -0.2) is 4.98 Å². The molecule has 20 heavy (non-hydrogen) atoms. The lowest BCUT2D eigenvalue weighted by atomic mass is 9.93. The standard InChI is InChI=1S/C13H13ClN4O2/c14-10-3-1-2-9(16-10)12-17-18-13(20-12)11(19)8-4-6-15-7-5-8/h1-3,8,15H,4-7H2. The fraction of sp³-hybridized carbons (Fsp3) is 0.385. The van der Waals surface area contributed by atoms with Gasteiger partial charge in [0.2, 0.25) is 5.78 Å². The molecule has 0 unspecified atom stereocenters. The highest BCUT2D eigenvalue weighted by molar-refractivity contribution is 6.29. The minimum atomic E-state index is -0.0905. The van der Waals surface area contributed by atoms with Crippen LogP contribution in [0.25, 0.3) is 11.6 Å². The van der Waals surface area contributed by atoms with Crippen molar-refractivity contribution < 1.29 is 9.21 Å². The Labute approximate surface area is 120 Å². The van der Waals surface area contributed by atoms with Gasteiger partial charge in [-0.15, -0.1) is 10.2 Å². The molecule has 7 heteroatoms. The number of nitrogens with zero attached hydrogens (tertiary/aromatic N) is 3. The number of nitrogens with one attached hydrogen (secondary N) is 1. The van der Waals surface area contributed by atoms with Gasteiger partial charge in [-0.2, -0.15) is 0 Å². The third-order valence-corrected chi connectivity index (χ3v) is 3.49. The molecule has 0 atom stereocenters. The average Bonchev–Trinajstić information content (AvgIpc) is 2.97. The van der Waals surface area contributed by atoms with E-state index in [1.54, 1.807) is 18.2 Å². The maximum Gasteiger partial charge on any atom is 0.284 e. The van der Waals surface area contributed by atoms with Gasteiger partial charge in [-0.05, 0) is 38.1 Å². The maximum absolute atomic E-state index is 12.2. The van der Waals surface area contributed by atoms with Crippen molar-refractivity contribution in [2.45, 2.75) is 12.8 Å². The molecule has 2 aromatic rings. The Kier molecular flexibility index (Phi) is 3.75. The van der Waals surface area contributed by atoms with Crippen molar-refractivity contribution in [3.05, 3.63) is 29.2 Å². The molecule has 1 fully saturated rings. The Morgan fingerprint density at radius 3 is 2.85 bits per heavy atom. The summed E-state index contributed by atoms with van der Waals surface area (Å²) in [5.41, 5.74) is 0.467. The number of aromatic nitrogens is 3. The SMILES string of the molecule is O=C(c1nnc(-c2cccc(Cl)n2)o1)C1CCNCC1. The summed E-state index contributed by atoms with van der Waals surface area (Å²) < 4.78 is 5.43. The van der Waals surface area contributed by atoms with E-state index in [4.69, 9.17) is 16.0 Å². The number of pyridine rings is 1. The van der Waals surface area contributed by atoms with Crippen LogP contribution in [0, 0.1) is 5.92 Å². The van der Waals surface area contributed by atoms with E-state index >= 15 is 0 Å². The first-order chi connectivity index (χ1) is 9.74. The zero-order valence-corrected chi connectivity index (χ0v) is 11.4. The lowest BCUT2D eigenvalue weighted by Crippen LogP contribution is -2.32. The van der Waals surface area contributed by atoms with E-state index in [1.165, 1.54) is 0 Å². The molecule has 1 saturated heterocycles. The van der Waals surface area contributed by atoms with E-state index < -0.39 is 0 Å². The lowest BCUT2D eigenvalue weighted by molar-refractivity contribution is 0.0859. The Morgan fingerprint density at radius 1 is 1.30 bits per heavy atom. The van der Waals surface area contributed by atoms with E-state index in [2.05, 4.69) is 20.5 Å². The van der Waals surface area contributed by atoms with Crippen LogP contribution in [0.15, 0.2) is 22.6 Å². The largest absolute Gasteiger partial charge is 0.412 e. The van der Waals surface area contributed by atoms with Crippen molar-refractivity contribution in [3.63, 3.8) is 0 Å². The number of Topliss-reactive ketones (excluding diaryl/α,β-unsaturated/α-hetero) is 1. The zero-order chi connectivity index (χ0) is 13.9. The molecule has 1 N–H and O–H groups in total. The molecule has 6 nitrogen and oxygen atoms in total. The summed E-state index contributed by atoms with van der Waals surface area (Å²) in [6.45, 7) is 1.68. The number of carbonyl (C=O) groups excluding carboxylic acids is 1. The van der Waals surface area contributed by atoms with Crippen LogP contribution in [-0.2, 0) is 0 Å². The van der Waals surface area contributed by atoms with Crippen LogP contribution in [0.4, 0.5) is 0 Å². The topological polar surface area (TPSA) is 80.9 Å². The predicted molar refractivity (Wildman–Crippen MR) is 72.5 cm³/mol. The summed E-state index contributed by atoms with van der Waals surface area (Å²) >= 11 is 5.81. The van der Waals surface area contributed by atoms with Crippen molar-refractivity contribution in [2.24, 2.45) is 5.92 Å². The van der Waals surface area contributed by atoms with Gasteiger partial charge < -0.3 is 9.73 Å². The average molecular weight is 293 g/mol. The summed E-state index contributed by atoms with van der Waals surface area (Å²) in [5.74, 6) is 0.127. The van der Waals surface area contributed by atoms with E-state index in [0.717, 1.165) is 25.9 Å². The number of piperidine rings is 1. The molecule has 0 amide bonds. The molecule has 0 aromatic carbocycles. The third-order valence-electron chi connectivity index (χ3n) is 3.28. The van der Waals surface area contributed by atoms with Crippen LogP contribution in [0.3, 0.4) is 0 Å². The van der Waals surface area contributed by atoms with Gasteiger partial charge in [0.05, 0.1) is 0 Å². The summed E-state index contributed by atoms with van der Waals surface area (Å²) in [6, 6.07) is 5.10. The molecule has 104 valence electrons. The van der Waals surface area contributed by atoms with Crippen molar-refractivity contribution in [1.29, 1.82) is 0 Å². The van der Waals surface area contributed by atoms with E-state index in [1.807, 2.05) is 0 Å². The molecule has 0 saturated carbocycles. The first-order valence-corrected chi connectivity index (χ1v) is 6.83. The summed E-state index contributed by atoms with van der Waals surface area (Å²) in [7, 11) is 0. The van der Waals surface area contributed by atoms with Crippen molar-refractivity contribution in [3.8, 4) is 11.6 Å². The highest BCUT2D eigenvalue weighted by Crippen LogP contribution is 2.21. The highest BCUT2D eigenvalue weighted by Gasteiger charge is 2.27. The number of halogens is 1. The molecule has 3 heterocycles. The smallest absolute Gasteiger partial charge is 0.284 e. The Morgan fingerprint density at radius 2 is 2.10 bits per heavy atom. The zero-order valence-electron chi connectivity index (χ0n) is 10.7. The number of hydrogen-bond acceptors (Lipinski definition) is 6. The van der Waals surface area contributed by atoms with Crippen molar-refractivity contribution in [2.75, 3.05) is 13.1 Å².